The van der Waals surface area contributed by atoms with Crippen LogP contribution in [0.3, 0.4) is 0 Å². The summed E-state index contributed by atoms with van der Waals surface area (Å²) in [5, 5.41) is 2.86. The van der Waals surface area contributed by atoms with Gasteiger partial charge in [-0.15, -0.1) is 0 Å². The summed E-state index contributed by atoms with van der Waals surface area (Å²) < 4.78 is 0. The number of likely N-dealkylation sites (tertiary alicyclic amines) is 1. The highest BCUT2D eigenvalue weighted by molar-refractivity contribution is 5.98. The zero-order valence-electron chi connectivity index (χ0n) is 12.3. The van der Waals surface area contributed by atoms with Crippen LogP contribution >= 0.6 is 0 Å². The Morgan fingerprint density at radius 1 is 1.38 bits per heavy atom. The molecule has 114 valence electrons. The smallest absolute Gasteiger partial charge is 0.322 e. The van der Waals surface area contributed by atoms with Gasteiger partial charge < -0.3 is 21.7 Å². The number of urea groups is 1. The Balaban J connectivity index is 2.16. The molecule has 1 heterocycles. The second-order valence-electron chi connectivity index (χ2n) is 5.35. The number of hydrogen-bond acceptors (Lipinski definition) is 3. The summed E-state index contributed by atoms with van der Waals surface area (Å²) in [7, 11) is 0. The lowest BCUT2D eigenvalue weighted by molar-refractivity contribution is 0.0999. The largest absolute Gasteiger partial charge is 0.366 e. The molecule has 6 nitrogen and oxygen atoms in total. The predicted octanol–water partition coefficient (Wildman–Crippen LogP) is 1.44. The maximum Gasteiger partial charge on any atom is 0.322 e. The Labute approximate surface area is 124 Å². The molecule has 1 atom stereocenters. The van der Waals surface area contributed by atoms with Gasteiger partial charge in [0.2, 0.25) is 5.91 Å². The number of hydrogen-bond donors (Lipinski definition) is 3. The van der Waals surface area contributed by atoms with Crippen molar-refractivity contribution >= 4 is 17.6 Å². The average molecular weight is 290 g/mol. The van der Waals surface area contributed by atoms with E-state index in [1.54, 1.807) is 30.0 Å². The molecule has 0 aliphatic carbocycles. The first-order valence-electron chi connectivity index (χ1n) is 7.21. The number of piperidine rings is 1. The number of amides is 3. The van der Waals surface area contributed by atoms with Crippen LogP contribution in [-0.2, 0) is 0 Å². The lowest BCUT2D eigenvalue weighted by atomic mass is 10.0. The zero-order valence-corrected chi connectivity index (χ0v) is 12.3. The van der Waals surface area contributed by atoms with Gasteiger partial charge in [0.05, 0.1) is 0 Å². The molecule has 1 aromatic rings. The quantitative estimate of drug-likeness (QED) is 0.785. The van der Waals surface area contributed by atoms with E-state index in [-0.39, 0.29) is 12.1 Å². The van der Waals surface area contributed by atoms with Crippen molar-refractivity contribution in [2.45, 2.75) is 32.2 Å². The molecule has 0 spiro atoms. The maximum atomic E-state index is 12.4. The van der Waals surface area contributed by atoms with E-state index in [9.17, 15) is 9.59 Å². The SMILES string of the molecule is Cc1c(NC(=O)N2CCCC[C@H]2CN)cccc1C(N)=O. The van der Waals surface area contributed by atoms with Crippen molar-refractivity contribution in [1.29, 1.82) is 0 Å². The minimum absolute atomic E-state index is 0.0818. The average Bonchev–Trinajstić information content (AvgIpc) is 2.48. The first-order chi connectivity index (χ1) is 10.0. The number of nitrogens with one attached hydrogen (secondary N) is 1. The molecule has 0 bridgehead atoms. The molecule has 1 aliphatic heterocycles. The Morgan fingerprint density at radius 3 is 2.81 bits per heavy atom. The molecule has 2 rings (SSSR count). The van der Waals surface area contributed by atoms with Gasteiger partial charge in [0.25, 0.3) is 0 Å². The summed E-state index contributed by atoms with van der Waals surface area (Å²) in [6, 6.07) is 5.03. The second-order valence-corrected chi connectivity index (χ2v) is 5.35. The van der Waals surface area contributed by atoms with Gasteiger partial charge in [0.15, 0.2) is 0 Å². The fourth-order valence-electron chi connectivity index (χ4n) is 2.74. The van der Waals surface area contributed by atoms with Crippen molar-refractivity contribution < 1.29 is 9.59 Å². The molecular weight excluding hydrogens is 268 g/mol. The van der Waals surface area contributed by atoms with Gasteiger partial charge in [0, 0.05) is 30.4 Å². The van der Waals surface area contributed by atoms with Crippen molar-refractivity contribution in [3.05, 3.63) is 29.3 Å². The normalized spacial score (nSPS) is 18.4. The van der Waals surface area contributed by atoms with Gasteiger partial charge in [-0.1, -0.05) is 6.07 Å². The first kappa shape index (κ1) is 15.3. The number of nitrogens with zero attached hydrogens (tertiary/aromatic N) is 1. The van der Waals surface area contributed by atoms with Gasteiger partial charge >= 0.3 is 6.03 Å². The number of primary amides is 1. The Hall–Kier alpha value is -2.08. The number of rotatable bonds is 3. The van der Waals surface area contributed by atoms with Crippen molar-refractivity contribution in [2.75, 3.05) is 18.4 Å². The van der Waals surface area contributed by atoms with Crippen LogP contribution < -0.4 is 16.8 Å². The summed E-state index contributed by atoms with van der Waals surface area (Å²) in [6.45, 7) is 2.95. The van der Waals surface area contributed by atoms with E-state index in [0.29, 0.717) is 29.9 Å². The molecule has 0 radical (unpaired) electrons. The number of carbonyl (C=O) groups excluding carboxylic acids is 2. The topological polar surface area (TPSA) is 101 Å². The molecule has 1 fully saturated rings. The highest BCUT2D eigenvalue weighted by Gasteiger charge is 2.26. The third kappa shape index (κ3) is 3.33. The molecule has 1 aliphatic rings. The summed E-state index contributed by atoms with van der Waals surface area (Å²) >= 11 is 0. The van der Waals surface area contributed by atoms with E-state index < -0.39 is 5.91 Å². The van der Waals surface area contributed by atoms with Crippen LogP contribution in [0.15, 0.2) is 18.2 Å². The van der Waals surface area contributed by atoms with E-state index >= 15 is 0 Å². The maximum absolute atomic E-state index is 12.4. The summed E-state index contributed by atoms with van der Waals surface area (Å²) in [4.78, 5) is 25.5. The molecule has 0 aromatic heterocycles. The molecule has 0 unspecified atom stereocenters. The molecular formula is C15H22N4O2. The minimum Gasteiger partial charge on any atom is -0.366 e. The number of carbonyl (C=O) groups is 2. The third-order valence-electron chi connectivity index (χ3n) is 4.00. The number of benzene rings is 1. The lowest BCUT2D eigenvalue weighted by Gasteiger charge is -2.35. The third-order valence-corrected chi connectivity index (χ3v) is 4.00. The van der Waals surface area contributed by atoms with E-state index in [2.05, 4.69) is 5.32 Å². The highest BCUT2D eigenvalue weighted by atomic mass is 16.2. The zero-order chi connectivity index (χ0) is 15.4. The Bertz CT molecular complexity index is 544. The van der Waals surface area contributed by atoms with Crippen molar-refractivity contribution in [1.82, 2.24) is 4.90 Å². The predicted molar refractivity (Wildman–Crippen MR) is 82.1 cm³/mol. The first-order valence-corrected chi connectivity index (χ1v) is 7.21. The van der Waals surface area contributed by atoms with Crippen molar-refractivity contribution in [2.24, 2.45) is 11.5 Å². The van der Waals surface area contributed by atoms with E-state index in [1.807, 2.05) is 0 Å². The van der Waals surface area contributed by atoms with E-state index in [0.717, 1.165) is 19.3 Å². The van der Waals surface area contributed by atoms with Gasteiger partial charge in [-0.2, -0.15) is 0 Å². The molecule has 3 amide bonds. The highest BCUT2D eigenvalue weighted by Crippen LogP contribution is 2.21. The monoisotopic (exact) mass is 290 g/mol. The molecule has 21 heavy (non-hydrogen) atoms. The van der Waals surface area contributed by atoms with Crippen LogP contribution in [-0.4, -0.2) is 36.0 Å². The summed E-state index contributed by atoms with van der Waals surface area (Å²) in [6.07, 6.45) is 3.02. The lowest BCUT2D eigenvalue weighted by Crippen LogP contribution is -2.49. The van der Waals surface area contributed by atoms with Gasteiger partial charge in [-0.05, 0) is 43.9 Å². The van der Waals surface area contributed by atoms with Crippen molar-refractivity contribution in [3.63, 3.8) is 0 Å². The molecule has 6 heteroatoms. The minimum atomic E-state index is -0.499. The fourth-order valence-corrected chi connectivity index (χ4v) is 2.74. The van der Waals surface area contributed by atoms with Crippen LogP contribution in [0, 0.1) is 6.92 Å². The van der Waals surface area contributed by atoms with Crippen LogP contribution in [0.25, 0.3) is 0 Å². The van der Waals surface area contributed by atoms with Crippen LogP contribution in [0.4, 0.5) is 10.5 Å². The summed E-state index contributed by atoms with van der Waals surface area (Å²) in [5.41, 5.74) is 12.8. The van der Waals surface area contributed by atoms with Gasteiger partial charge in [-0.25, -0.2) is 4.79 Å². The van der Waals surface area contributed by atoms with Crippen LogP contribution in [0.2, 0.25) is 0 Å². The Kier molecular flexibility index (Phi) is 4.80. The van der Waals surface area contributed by atoms with E-state index in [1.165, 1.54) is 0 Å². The fraction of sp³-hybridized carbons (Fsp3) is 0.467. The molecule has 1 aromatic carbocycles. The van der Waals surface area contributed by atoms with Gasteiger partial charge in [0.1, 0.15) is 0 Å². The molecule has 0 saturated carbocycles. The molecule has 1 saturated heterocycles. The summed E-state index contributed by atoms with van der Waals surface area (Å²) in [5.74, 6) is -0.499. The number of anilines is 1. The van der Waals surface area contributed by atoms with Crippen molar-refractivity contribution in [3.8, 4) is 0 Å². The van der Waals surface area contributed by atoms with Crippen LogP contribution in [0.1, 0.15) is 35.2 Å². The van der Waals surface area contributed by atoms with Crippen LogP contribution in [0.5, 0.6) is 0 Å². The molecule has 5 N–H and O–H groups in total. The standard InChI is InChI=1S/C15H22N4O2/c1-10-12(14(17)20)6-4-7-13(10)18-15(21)19-8-3-2-5-11(19)9-16/h4,6-7,11H,2-3,5,8-9,16H2,1H3,(H2,17,20)(H,18,21)/t11-/m0/s1. The Morgan fingerprint density at radius 2 is 2.14 bits per heavy atom. The van der Waals surface area contributed by atoms with Gasteiger partial charge in [-0.3, -0.25) is 4.79 Å². The van der Waals surface area contributed by atoms with E-state index in [4.69, 9.17) is 11.5 Å². The number of nitrogens with two attached hydrogens (primary N) is 2. The second kappa shape index (κ2) is 6.58.